The first-order chi connectivity index (χ1) is 11.6. The van der Waals surface area contributed by atoms with E-state index in [1.807, 2.05) is 80.5 Å². The van der Waals surface area contributed by atoms with Crippen LogP contribution in [0.2, 0.25) is 0 Å². The summed E-state index contributed by atoms with van der Waals surface area (Å²) in [5.41, 5.74) is 2.57. The third kappa shape index (κ3) is 3.23. The molecule has 1 heterocycles. The number of nitrogens with one attached hydrogen (secondary N) is 1. The molecule has 4 nitrogen and oxygen atoms in total. The van der Waals surface area contributed by atoms with Gasteiger partial charge in [-0.25, -0.2) is 0 Å². The number of carbonyl (C=O) groups is 1. The summed E-state index contributed by atoms with van der Waals surface area (Å²) in [5.74, 6) is -0.159. The van der Waals surface area contributed by atoms with Crippen molar-refractivity contribution < 1.29 is 4.79 Å². The number of hydrogen-bond acceptors (Lipinski definition) is 3. The second-order valence-corrected chi connectivity index (χ2v) is 6.07. The summed E-state index contributed by atoms with van der Waals surface area (Å²) in [5, 5.41) is 4.91. The lowest BCUT2D eigenvalue weighted by atomic mass is 10.1. The molecule has 4 heteroatoms. The van der Waals surface area contributed by atoms with Gasteiger partial charge in [0, 0.05) is 31.4 Å². The fourth-order valence-electron chi connectivity index (χ4n) is 2.71. The second-order valence-electron chi connectivity index (χ2n) is 6.07. The molecule has 0 radical (unpaired) electrons. The van der Waals surface area contributed by atoms with E-state index in [1.165, 1.54) is 0 Å². The summed E-state index contributed by atoms with van der Waals surface area (Å²) < 4.78 is 0. The van der Waals surface area contributed by atoms with Crippen LogP contribution in [-0.4, -0.2) is 25.0 Å². The predicted molar refractivity (Wildman–Crippen MR) is 98.4 cm³/mol. The van der Waals surface area contributed by atoms with Crippen molar-refractivity contribution in [1.29, 1.82) is 0 Å². The minimum absolute atomic E-state index is 0.0761. The third-order valence-electron chi connectivity index (χ3n) is 4.13. The molecular formula is C20H21N3O. The second kappa shape index (κ2) is 6.71. The van der Waals surface area contributed by atoms with Crippen LogP contribution in [0.25, 0.3) is 10.8 Å². The Morgan fingerprint density at radius 3 is 2.54 bits per heavy atom. The Hall–Kier alpha value is -2.88. The maximum Gasteiger partial charge on any atom is 0.270 e. The van der Waals surface area contributed by atoms with Gasteiger partial charge in [0.25, 0.3) is 5.91 Å². The first-order valence-electron chi connectivity index (χ1n) is 7.98. The Balaban J connectivity index is 1.93. The molecule has 0 fully saturated rings. The number of rotatable bonds is 4. The van der Waals surface area contributed by atoms with Gasteiger partial charge in [-0.3, -0.25) is 9.78 Å². The molecular weight excluding hydrogens is 298 g/mol. The first-order valence-corrected chi connectivity index (χ1v) is 7.98. The van der Waals surface area contributed by atoms with Gasteiger partial charge in [-0.1, -0.05) is 36.4 Å². The zero-order chi connectivity index (χ0) is 17.1. The lowest BCUT2D eigenvalue weighted by molar-refractivity contribution is 0.0936. The monoisotopic (exact) mass is 319 g/mol. The quantitative estimate of drug-likeness (QED) is 0.796. The van der Waals surface area contributed by atoms with Crippen LogP contribution >= 0.6 is 0 Å². The predicted octanol–water partition coefficient (Wildman–Crippen LogP) is 3.79. The topological polar surface area (TPSA) is 45.2 Å². The zero-order valence-electron chi connectivity index (χ0n) is 14.2. The SMILES string of the molecule is CC(NC(=O)c1nccc2ccc(N(C)C)cc12)c1ccccc1. The van der Waals surface area contributed by atoms with E-state index in [0.29, 0.717) is 5.69 Å². The molecule has 0 aliphatic rings. The smallest absolute Gasteiger partial charge is 0.270 e. The minimum Gasteiger partial charge on any atom is -0.378 e. The fourth-order valence-corrected chi connectivity index (χ4v) is 2.71. The first kappa shape index (κ1) is 16.0. The normalized spacial score (nSPS) is 12.0. The summed E-state index contributed by atoms with van der Waals surface area (Å²) in [7, 11) is 3.96. The molecule has 1 amide bonds. The molecule has 0 saturated heterocycles. The van der Waals surface area contributed by atoms with Crippen molar-refractivity contribution in [2.24, 2.45) is 0 Å². The minimum atomic E-state index is -0.159. The van der Waals surface area contributed by atoms with Crippen LogP contribution in [0.3, 0.4) is 0 Å². The van der Waals surface area contributed by atoms with Gasteiger partial charge in [0.1, 0.15) is 5.69 Å². The molecule has 3 rings (SSSR count). The number of nitrogens with zero attached hydrogens (tertiary/aromatic N) is 2. The lowest BCUT2D eigenvalue weighted by Crippen LogP contribution is -2.27. The van der Waals surface area contributed by atoms with Crippen molar-refractivity contribution in [3.63, 3.8) is 0 Å². The Bertz CT molecular complexity index is 859. The van der Waals surface area contributed by atoms with E-state index in [4.69, 9.17) is 0 Å². The molecule has 3 aromatic rings. The standard InChI is InChI=1S/C20H21N3O/c1-14(15-7-5-4-6-8-15)22-20(24)19-18-13-17(23(2)3)10-9-16(18)11-12-21-19/h4-14H,1-3H3,(H,22,24). The molecule has 0 saturated carbocycles. The molecule has 1 aromatic heterocycles. The average molecular weight is 319 g/mol. The number of carbonyl (C=O) groups excluding carboxylic acids is 1. The molecule has 0 spiro atoms. The van der Waals surface area contributed by atoms with Gasteiger partial charge in [0.2, 0.25) is 0 Å². The maximum absolute atomic E-state index is 12.7. The molecule has 2 aromatic carbocycles. The number of benzene rings is 2. The Morgan fingerprint density at radius 2 is 1.83 bits per heavy atom. The Morgan fingerprint density at radius 1 is 1.08 bits per heavy atom. The van der Waals surface area contributed by atoms with E-state index >= 15 is 0 Å². The highest BCUT2D eigenvalue weighted by atomic mass is 16.1. The van der Waals surface area contributed by atoms with Gasteiger partial charge in [-0.15, -0.1) is 0 Å². The molecule has 122 valence electrons. The Kier molecular flexibility index (Phi) is 4.47. The average Bonchev–Trinajstić information content (AvgIpc) is 2.61. The van der Waals surface area contributed by atoms with Crippen molar-refractivity contribution in [1.82, 2.24) is 10.3 Å². The summed E-state index contributed by atoms with van der Waals surface area (Å²) in [4.78, 5) is 19.1. The molecule has 0 aliphatic heterocycles. The van der Waals surface area contributed by atoms with E-state index in [1.54, 1.807) is 6.20 Å². The maximum atomic E-state index is 12.7. The van der Waals surface area contributed by atoms with Gasteiger partial charge in [-0.05, 0) is 36.1 Å². The lowest BCUT2D eigenvalue weighted by Gasteiger charge is -2.16. The van der Waals surface area contributed by atoms with Crippen molar-refractivity contribution in [2.45, 2.75) is 13.0 Å². The molecule has 0 bridgehead atoms. The van der Waals surface area contributed by atoms with Crippen molar-refractivity contribution in [3.8, 4) is 0 Å². The number of hydrogen-bond donors (Lipinski definition) is 1. The van der Waals surface area contributed by atoms with Crippen molar-refractivity contribution >= 4 is 22.4 Å². The number of amides is 1. The highest BCUT2D eigenvalue weighted by Crippen LogP contribution is 2.23. The number of anilines is 1. The number of aromatic nitrogens is 1. The highest BCUT2D eigenvalue weighted by molar-refractivity contribution is 6.06. The van der Waals surface area contributed by atoms with E-state index in [2.05, 4.69) is 10.3 Å². The van der Waals surface area contributed by atoms with E-state index in [9.17, 15) is 4.79 Å². The number of pyridine rings is 1. The molecule has 1 unspecified atom stereocenters. The van der Waals surface area contributed by atoms with Gasteiger partial charge < -0.3 is 10.2 Å². The third-order valence-corrected chi connectivity index (χ3v) is 4.13. The van der Waals surface area contributed by atoms with Crippen LogP contribution in [-0.2, 0) is 0 Å². The molecule has 0 aliphatic carbocycles. The van der Waals surface area contributed by atoms with Gasteiger partial charge in [0.05, 0.1) is 6.04 Å². The van der Waals surface area contributed by atoms with Crippen molar-refractivity contribution in [3.05, 3.63) is 72.1 Å². The summed E-state index contributed by atoms with van der Waals surface area (Å²) in [6.07, 6.45) is 1.68. The summed E-state index contributed by atoms with van der Waals surface area (Å²) in [6.45, 7) is 1.98. The van der Waals surface area contributed by atoms with Crippen LogP contribution < -0.4 is 10.2 Å². The molecule has 1 atom stereocenters. The van der Waals surface area contributed by atoms with E-state index < -0.39 is 0 Å². The van der Waals surface area contributed by atoms with Crippen LogP contribution in [0.5, 0.6) is 0 Å². The number of fused-ring (bicyclic) bond motifs is 1. The summed E-state index contributed by atoms with van der Waals surface area (Å²) >= 11 is 0. The van der Waals surface area contributed by atoms with E-state index in [0.717, 1.165) is 22.0 Å². The van der Waals surface area contributed by atoms with Crippen LogP contribution in [0.4, 0.5) is 5.69 Å². The van der Waals surface area contributed by atoms with Gasteiger partial charge in [-0.2, -0.15) is 0 Å². The van der Waals surface area contributed by atoms with Crippen LogP contribution in [0.1, 0.15) is 29.0 Å². The molecule has 1 N–H and O–H groups in total. The van der Waals surface area contributed by atoms with Gasteiger partial charge >= 0.3 is 0 Å². The van der Waals surface area contributed by atoms with Crippen LogP contribution in [0, 0.1) is 0 Å². The fraction of sp³-hybridized carbons (Fsp3) is 0.200. The van der Waals surface area contributed by atoms with E-state index in [-0.39, 0.29) is 11.9 Å². The summed E-state index contributed by atoms with van der Waals surface area (Å²) in [6, 6.07) is 17.8. The molecule has 24 heavy (non-hydrogen) atoms. The highest BCUT2D eigenvalue weighted by Gasteiger charge is 2.15. The van der Waals surface area contributed by atoms with Gasteiger partial charge in [0.15, 0.2) is 0 Å². The van der Waals surface area contributed by atoms with Crippen molar-refractivity contribution in [2.75, 3.05) is 19.0 Å². The zero-order valence-corrected chi connectivity index (χ0v) is 14.2. The largest absolute Gasteiger partial charge is 0.378 e. The Labute approximate surface area is 142 Å². The van der Waals surface area contributed by atoms with Crippen LogP contribution in [0.15, 0.2) is 60.8 Å².